The average molecular weight is 284 g/mol. The van der Waals surface area contributed by atoms with E-state index in [1.807, 2.05) is 0 Å². The van der Waals surface area contributed by atoms with E-state index in [-0.39, 0.29) is 4.90 Å². The Kier molecular flexibility index (Phi) is 4.79. The van der Waals surface area contributed by atoms with Crippen molar-refractivity contribution in [3.63, 3.8) is 0 Å². The van der Waals surface area contributed by atoms with Crippen molar-refractivity contribution in [2.45, 2.75) is 17.7 Å². The molecule has 2 N–H and O–H groups in total. The Labute approximate surface area is 114 Å². The fourth-order valence-corrected chi connectivity index (χ4v) is 2.81. The monoisotopic (exact) mass is 284 g/mol. The van der Waals surface area contributed by atoms with Crippen molar-refractivity contribution in [3.8, 4) is 0 Å². The van der Waals surface area contributed by atoms with E-state index in [0.717, 1.165) is 38.3 Å². The third kappa shape index (κ3) is 3.92. The van der Waals surface area contributed by atoms with Crippen molar-refractivity contribution < 1.29 is 13.2 Å². The smallest absolute Gasteiger partial charge is 0.240 e. The average Bonchev–Trinajstić information content (AvgIpc) is 2.47. The van der Waals surface area contributed by atoms with Crippen LogP contribution in [0.2, 0.25) is 0 Å². The van der Waals surface area contributed by atoms with E-state index in [2.05, 4.69) is 10.0 Å². The summed E-state index contributed by atoms with van der Waals surface area (Å²) in [5, 5.41) is 3.34. The molecule has 0 amide bonds. The highest BCUT2D eigenvalue weighted by molar-refractivity contribution is 7.89. The number of sulfonamides is 1. The van der Waals surface area contributed by atoms with Crippen LogP contribution in [-0.4, -0.2) is 35.2 Å². The van der Waals surface area contributed by atoms with Crippen molar-refractivity contribution in [3.05, 3.63) is 24.3 Å². The van der Waals surface area contributed by atoms with Crippen molar-refractivity contribution in [2.75, 3.05) is 32.1 Å². The zero-order chi connectivity index (χ0) is 13.7. The summed E-state index contributed by atoms with van der Waals surface area (Å²) in [5.74, 6) is 0.634. The van der Waals surface area contributed by atoms with Crippen molar-refractivity contribution in [1.82, 2.24) is 4.72 Å². The van der Waals surface area contributed by atoms with Gasteiger partial charge in [-0.1, -0.05) is 0 Å². The molecule has 106 valence electrons. The molecule has 0 atom stereocenters. The number of hydrogen-bond acceptors (Lipinski definition) is 4. The minimum Gasteiger partial charge on any atom is -0.385 e. The third-order valence-electron chi connectivity index (χ3n) is 3.37. The van der Waals surface area contributed by atoms with E-state index in [1.54, 1.807) is 24.3 Å². The molecular weight excluding hydrogens is 264 g/mol. The van der Waals surface area contributed by atoms with E-state index in [1.165, 1.54) is 7.05 Å². The fraction of sp³-hybridized carbons (Fsp3) is 0.538. The summed E-state index contributed by atoms with van der Waals surface area (Å²) in [6.45, 7) is 2.58. The molecule has 0 spiro atoms. The number of anilines is 1. The molecule has 1 aliphatic rings. The zero-order valence-corrected chi connectivity index (χ0v) is 11.9. The molecule has 0 bridgehead atoms. The highest BCUT2D eigenvalue weighted by atomic mass is 32.2. The molecule has 1 aromatic carbocycles. The number of rotatable bonds is 5. The first-order valence-electron chi connectivity index (χ1n) is 6.47. The molecule has 2 rings (SSSR count). The van der Waals surface area contributed by atoms with E-state index in [4.69, 9.17) is 4.74 Å². The van der Waals surface area contributed by atoms with Gasteiger partial charge in [-0.25, -0.2) is 13.1 Å². The normalized spacial score (nSPS) is 17.3. The number of hydrogen-bond donors (Lipinski definition) is 2. The molecule has 1 aromatic rings. The lowest BCUT2D eigenvalue weighted by Crippen LogP contribution is -2.22. The van der Waals surface area contributed by atoms with Gasteiger partial charge in [0.25, 0.3) is 0 Å². The molecule has 1 saturated heterocycles. The second-order valence-corrected chi connectivity index (χ2v) is 6.56. The summed E-state index contributed by atoms with van der Waals surface area (Å²) in [6.07, 6.45) is 2.17. The van der Waals surface area contributed by atoms with E-state index in [9.17, 15) is 8.42 Å². The summed E-state index contributed by atoms with van der Waals surface area (Å²) < 4.78 is 30.8. The fourth-order valence-electron chi connectivity index (χ4n) is 2.08. The SMILES string of the molecule is CNS(=O)(=O)c1ccc(NCC2CCOCC2)cc1. The Morgan fingerprint density at radius 3 is 2.42 bits per heavy atom. The Bertz CT molecular complexity index is 493. The van der Waals surface area contributed by atoms with Gasteiger partial charge in [-0.05, 0) is 50.1 Å². The standard InChI is InChI=1S/C13H20N2O3S/c1-14-19(16,17)13-4-2-12(3-5-13)15-10-11-6-8-18-9-7-11/h2-5,11,14-15H,6-10H2,1H3. The van der Waals surface area contributed by atoms with Gasteiger partial charge in [0.05, 0.1) is 4.90 Å². The Morgan fingerprint density at radius 1 is 1.21 bits per heavy atom. The summed E-state index contributed by atoms with van der Waals surface area (Å²) in [4.78, 5) is 0.284. The number of nitrogens with one attached hydrogen (secondary N) is 2. The van der Waals surface area contributed by atoms with Gasteiger partial charge in [-0.15, -0.1) is 0 Å². The van der Waals surface area contributed by atoms with Gasteiger partial charge >= 0.3 is 0 Å². The molecule has 19 heavy (non-hydrogen) atoms. The summed E-state index contributed by atoms with van der Waals surface area (Å²) in [5.41, 5.74) is 0.946. The van der Waals surface area contributed by atoms with E-state index >= 15 is 0 Å². The molecule has 1 heterocycles. The molecule has 1 fully saturated rings. The molecule has 5 nitrogen and oxygen atoms in total. The maximum absolute atomic E-state index is 11.6. The quantitative estimate of drug-likeness (QED) is 0.858. The van der Waals surface area contributed by atoms with Crippen LogP contribution in [-0.2, 0) is 14.8 Å². The largest absolute Gasteiger partial charge is 0.385 e. The van der Waals surface area contributed by atoms with Crippen molar-refractivity contribution >= 4 is 15.7 Å². The minimum absolute atomic E-state index is 0.284. The van der Waals surface area contributed by atoms with Crippen LogP contribution in [0.3, 0.4) is 0 Å². The maximum atomic E-state index is 11.6. The molecule has 0 unspecified atom stereocenters. The van der Waals surface area contributed by atoms with Crippen LogP contribution in [0.4, 0.5) is 5.69 Å². The lowest BCUT2D eigenvalue weighted by atomic mass is 10.0. The second-order valence-electron chi connectivity index (χ2n) is 4.67. The number of ether oxygens (including phenoxy) is 1. The topological polar surface area (TPSA) is 67.4 Å². The van der Waals surface area contributed by atoms with Gasteiger partial charge in [0.15, 0.2) is 0 Å². The van der Waals surface area contributed by atoms with Crippen molar-refractivity contribution in [2.24, 2.45) is 5.92 Å². The molecule has 0 radical (unpaired) electrons. The second kappa shape index (κ2) is 6.36. The predicted molar refractivity (Wildman–Crippen MR) is 74.7 cm³/mol. The Morgan fingerprint density at radius 2 is 1.84 bits per heavy atom. The lowest BCUT2D eigenvalue weighted by molar-refractivity contribution is 0.0699. The van der Waals surface area contributed by atoms with Gasteiger partial charge in [-0.3, -0.25) is 0 Å². The number of benzene rings is 1. The van der Waals surface area contributed by atoms with Crippen LogP contribution in [0.5, 0.6) is 0 Å². The Hall–Kier alpha value is -1.11. The predicted octanol–water partition coefficient (Wildman–Crippen LogP) is 1.43. The van der Waals surface area contributed by atoms with Crippen LogP contribution in [0.1, 0.15) is 12.8 Å². The molecule has 0 saturated carbocycles. The van der Waals surface area contributed by atoms with Crippen LogP contribution in [0, 0.1) is 5.92 Å². The van der Waals surface area contributed by atoms with Crippen LogP contribution < -0.4 is 10.0 Å². The summed E-state index contributed by atoms with van der Waals surface area (Å²) in [6, 6.07) is 6.81. The van der Waals surface area contributed by atoms with Crippen LogP contribution in [0.25, 0.3) is 0 Å². The summed E-state index contributed by atoms with van der Waals surface area (Å²) in [7, 11) is -1.94. The first kappa shape index (κ1) is 14.3. The minimum atomic E-state index is -3.34. The maximum Gasteiger partial charge on any atom is 0.240 e. The highest BCUT2D eigenvalue weighted by Gasteiger charge is 2.14. The molecule has 1 aliphatic heterocycles. The third-order valence-corrected chi connectivity index (χ3v) is 4.80. The Balaban J connectivity index is 1.91. The molecule has 0 aromatic heterocycles. The first-order valence-corrected chi connectivity index (χ1v) is 7.95. The van der Waals surface area contributed by atoms with E-state index < -0.39 is 10.0 Å². The highest BCUT2D eigenvalue weighted by Crippen LogP contribution is 2.17. The van der Waals surface area contributed by atoms with Crippen LogP contribution >= 0.6 is 0 Å². The zero-order valence-electron chi connectivity index (χ0n) is 11.1. The molecular formula is C13H20N2O3S. The van der Waals surface area contributed by atoms with Gasteiger partial charge in [0, 0.05) is 25.4 Å². The summed E-state index contributed by atoms with van der Waals surface area (Å²) >= 11 is 0. The van der Waals surface area contributed by atoms with Gasteiger partial charge in [0.1, 0.15) is 0 Å². The van der Waals surface area contributed by atoms with Gasteiger partial charge in [0.2, 0.25) is 10.0 Å². The molecule has 0 aliphatic carbocycles. The van der Waals surface area contributed by atoms with E-state index in [0.29, 0.717) is 5.92 Å². The van der Waals surface area contributed by atoms with Crippen molar-refractivity contribution in [1.29, 1.82) is 0 Å². The van der Waals surface area contributed by atoms with Gasteiger partial charge < -0.3 is 10.1 Å². The van der Waals surface area contributed by atoms with Crippen LogP contribution in [0.15, 0.2) is 29.2 Å². The van der Waals surface area contributed by atoms with Gasteiger partial charge in [-0.2, -0.15) is 0 Å². The first-order chi connectivity index (χ1) is 9.12. The molecule has 6 heteroatoms. The lowest BCUT2D eigenvalue weighted by Gasteiger charge is -2.22.